The van der Waals surface area contributed by atoms with E-state index in [0.29, 0.717) is 5.88 Å². The Bertz CT molecular complexity index is 708. The van der Waals surface area contributed by atoms with E-state index in [4.69, 9.17) is 4.74 Å². The molecule has 0 saturated carbocycles. The molecular formula is C13H11N3OS. The van der Waals surface area contributed by atoms with Crippen LogP contribution in [0.2, 0.25) is 0 Å². The third-order valence-electron chi connectivity index (χ3n) is 2.63. The van der Waals surface area contributed by atoms with Gasteiger partial charge in [-0.3, -0.25) is 0 Å². The van der Waals surface area contributed by atoms with Gasteiger partial charge in [-0.2, -0.15) is 0 Å². The Morgan fingerprint density at radius 2 is 2.00 bits per heavy atom. The summed E-state index contributed by atoms with van der Waals surface area (Å²) < 4.78 is 6.41. The number of aryl methyl sites for hydroxylation is 1. The van der Waals surface area contributed by atoms with E-state index >= 15 is 0 Å². The summed E-state index contributed by atoms with van der Waals surface area (Å²) in [4.78, 5) is 13.0. The van der Waals surface area contributed by atoms with Crippen molar-refractivity contribution in [2.45, 2.75) is 6.92 Å². The topological polar surface area (TPSA) is 47.9 Å². The summed E-state index contributed by atoms with van der Waals surface area (Å²) in [5.41, 5.74) is 2.70. The largest absolute Gasteiger partial charge is 0.479 e. The van der Waals surface area contributed by atoms with E-state index in [9.17, 15) is 0 Å². The SMILES string of the molecule is COc1nccnc1-c1ccc2sc(C)nc2c1. The number of thiazole rings is 1. The lowest BCUT2D eigenvalue weighted by Gasteiger charge is -2.05. The molecule has 0 saturated heterocycles. The monoisotopic (exact) mass is 257 g/mol. The highest BCUT2D eigenvalue weighted by molar-refractivity contribution is 7.18. The molecule has 5 heteroatoms. The highest BCUT2D eigenvalue weighted by Crippen LogP contribution is 2.30. The Morgan fingerprint density at radius 1 is 1.17 bits per heavy atom. The molecule has 0 N–H and O–H groups in total. The van der Waals surface area contributed by atoms with Crippen molar-refractivity contribution in [3.63, 3.8) is 0 Å². The quantitative estimate of drug-likeness (QED) is 0.708. The molecular weight excluding hydrogens is 246 g/mol. The highest BCUT2D eigenvalue weighted by atomic mass is 32.1. The predicted octanol–water partition coefficient (Wildman–Crippen LogP) is 3.07. The molecule has 0 aliphatic heterocycles. The molecule has 0 amide bonds. The van der Waals surface area contributed by atoms with Crippen LogP contribution in [-0.2, 0) is 0 Å². The van der Waals surface area contributed by atoms with Crippen molar-refractivity contribution in [2.24, 2.45) is 0 Å². The number of methoxy groups -OCH3 is 1. The molecule has 0 radical (unpaired) electrons. The van der Waals surface area contributed by atoms with Gasteiger partial charge < -0.3 is 4.74 Å². The number of hydrogen-bond acceptors (Lipinski definition) is 5. The normalized spacial score (nSPS) is 10.8. The molecule has 0 atom stereocenters. The molecule has 0 aliphatic rings. The van der Waals surface area contributed by atoms with Crippen LogP contribution in [-0.4, -0.2) is 22.1 Å². The van der Waals surface area contributed by atoms with E-state index < -0.39 is 0 Å². The maximum atomic E-state index is 5.23. The van der Waals surface area contributed by atoms with Crippen LogP contribution in [0.5, 0.6) is 5.88 Å². The van der Waals surface area contributed by atoms with Crippen LogP contribution in [0.4, 0.5) is 0 Å². The molecule has 2 heterocycles. The summed E-state index contributed by atoms with van der Waals surface area (Å²) in [5.74, 6) is 0.531. The van der Waals surface area contributed by atoms with Crippen molar-refractivity contribution < 1.29 is 4.74 Å². The zero-order valence-electron chi connectivity index (χ0n) is 10.0. The third kappa shape index (κ3) is 1.82. The van der Waals surface area contributed by atoms with Crippen LogP contribution in [0.25, 0.3) is 21.5 Å². The average Bonchev–Trinajstić information content (AvgIpc) is 2.77. The van der Waals surface area contributed by atoms with Gasteiger partial charge in [0.2, 0.25) is 5.88 Å². The van der Waals surface area contributed by atoms with Gasteiger partial charge in [0.25, 0.3) is 0 Å². The Hall–Kier alpha value is -2.01. The Kier molecular flexibility index (Phi) is 2.68. The summed E-state index contributed by atoms with van der Waals surface area (Å²) in [6.07, 6.45) is 3.28. The van der Waals surface area contributed by atoms with Gasteiger partial charge in [0, 0.05) is 18.0 Å². The number of aromatic nitrogens is 3. The molecule has 1 aromatic carbocycles. The number of nitrogens with zero attached hydrogens (tertiary/aromatic N) is 3. The number of benzene rings is 1. The van der Waals surface area contributed by atoms with E-state index in [1.54, 1.807) is 30.8 Å². The van der Waals surface area contributed by atoms with E-state index in [1.807, 2.05) is 19.1 Å². The minimum atomic E-state index is 0.531. The molecule has 0 spiro atoms. The number of ether oxygens (including phenoxy) is 1. The summed E-state index contributed by atoms with van der Waals surface area (Å²) >= 11 is 1.69. The van der Waals surface area contributed by atoms with Crippen molar-refractivity contribution in [1.82, 2.24) is 15.0 Å². The van der Waals surface area contributed by atoms with Crippen LogP contribution in [0, 0.1) is 6.92 Å². The molecule has 0 bridgehead atoms. The zero-order chi connectivity index (χ0) is 12.5. The lowest BCUT2D eigenvalue weighted by Crippen LogP contribution is -1.93. The molecule has 2 aromatic heterocycles. The predicted molar refractivity (Wildman–Crippen MR) is 71.9 cm³/mol. The molecule has 3 aromatic rings. The van der Waals surface area contributed by atoms with E-state index in [2.05, 4.69) is 21.0 Å². The molecule has 0 aliphatic carbocycles. The smallest absolute Gasteiger partial charge is 0.240 e. The first kappa shape index (κ1) is 11.1. The summed E-state index contributed by atoms with van der Waals surface area (Å²) in [5, 5.41) is 1.06. The summed E-state index contributed by atoms with van der Waals surface area (Å²) in [7, 11) is 1.60. The van der Waals surface area contributed by atoms with Gasteiger partial charge in [-0.25, -0.2) is 15.0 Å². The number of rotatable bonds is 2. The van der Waals surface area contributed by atoms with Crippen molar-refractivity contribution in [1.29, 1.82) is 0 Å². The Morgan fingerprint density at radius 3 is 2.83 bits per heavy atom. The minimum absolute atomic E-state index is 0.531. The number of fused-ring (bicyclic) bond motifs is 1. The zero-order valence-corrected chi connectivity index (χ0v) is 10.9. The third-order valence-corrected chi connectivity index (χ3v) is 3.58. The van der Waals surface area contributed by atoms with E-state index in [0.717, 1.165) is 21.8 Å². The average molecular weight is 257 g/mol. The fraction of sp³-hybridized carbons (Fsp3) is 0.154. The highest BCUT2D eigenvalue weighted by Gasteiger charge is 2.10. The van der Waals surface area contributed by atoms with Gasteiger partial charge in [-0.1, -0.05) is 6.07 Å². The summed E-state index contributed by atoms with van der Waals surface area (Å²) in [6.45, 7) is 2.01. The first-order valence-electron chi connectivity index (χ1n) is 5.50. The second-order valence-electron chi connectivity index (χ2n) is 3.83. The van der Waals surface area contributed by atoms with Crippen LogP contribution >= 0.6 is 11.3 Å². The molecule has 0 fully saturated rings. The first-order chi connectivity index (χ1) is 8.78. The second kappa shape index (κ2) is 4.34. The van der Waals surface area contributed by atoms with Gasteiger partial charge in [0.1, 0.15) is 5.69 Å². The molecule has 18 heavy (non-hydrogen) atoms. The van der Waals surface area contributed by atoms with Crippen molar-refractivity contribution >= 4 is 21.6 Å². The van der Waals surface area contributed by atoms with Crippen LogP contribution in [0.3, 0.4) is 0 Å². The first-order valence-corrected chi connectivity index (χ1v) is 6.32. The molecule has 0 unspecified atom stereocenters. The standard InChI is InChI=1S/C13H11N3OS/c1-8-16-10-7-9(3-4-11(10)18-8)12-13(17-2)15-6-5-14-12/h3-7H,1-2H3. The lowest BCUT2D eigenvalue weighted by atomic mass is 10.1. The molecule has 3 rings (SSSR count). The van der Waals surface area contributed by atoms with Gasteiger partial charge in [-0.05, 0) is 19.1 Å². The van der Waals surface area contributed by atoms with Gasteiger partial charge in [0.15, 0.2) is 0 Å². The van der Waals surface area contributed by atoms with Gasteiger partial charge in [-0.15, -0.1) is 11.3 Å². The Balaban J connectivity index is 2.18. The maximum absolute atomic E-state index is 5.23. The summed E-state index contributed by atoms with van der Waals surface area (Å²) in [6, 6.07) is 6.10. The maximum Gasteiger partial charge on any atom is 0.240 e. The van der Waals surface area contributed by atoms with Crippen LogP contribution in [0.15, 0.2) is 30.6 Å². The molecule has 90 valence electrons. The van der Waals surface area contributed by atoms with Crippen LogP contribution in [0.1, 0.15) is 5.01 Å². The van der Waals surface area contributed by atoms with E-state index in [1.165, 1.54) is 4.70 Å². The van der Waals surface area contributed by atoms with Crippen molar-refractivity contribution in [2.75, 3.05) is 7.11 Å². The minimum Gasteiger partial charge on any atom is -0.479 e. The van der Waals surface area contributed by atoms with Gasteiger partial charge in [0.05, 0.1) is 22.3 Å². The number of hydrogen-bond donors (Lipinski definition) is 0. The van der Waals surface area contributed by atoms with Gasteiger partial charge >= 0.3 is 0 Å². The molecule has 4 nitrogen and oxygen atoms in total. The van der Waals surface area contributed by atoms with Crippen molar-refractivity contribution in [3.8, 4) is 17.1 Å². The van der Waals surface area contributed by atoms with Crippen molar-refractivity contribution in [3.05, 3.63) is 35.6 Å². The second-order valence-corrected chi connectivity index (χ2v) is 5.06. The van der Waals surface area contributed by atoms with Crippen LogP contribution < -0.4 is 4.74 Å². The fourth-order valence-corrected chi connectivity index (χ4v) is 2.67. The van der Waals surface area contributed by atoms with E-state index in [-0.39, 0.29) is 0 Å². The lowest BCUT2D eigenvalue weighted by molar-refractivity contribution is 0.398. The fourth-order valence-electron chi connectivity index (χ4n) is 1.86. The Labute approximate surface area is 108 Å².